The highest BCUT2D eigenvalue weighted by Gasteiger charge is 2.67. The summed E-state index contributed by atoms with van der Waals surface area (Å²) < 4.78 is 84.4. The minimum atomic E-state index is -4.63. The van der Waals surface area contributed by atoms with E-state index in [1.54, 1.807) is 12.1 Å². The largest absolute Gasteiger partial charge is 0.454 e. The number of nitrogens with one attached hydrogen (secondary N) is 5. The van der Waals surface area contributed by atoms with Gasteiger partial charge in [0.05, 0.1) is 5.54 Å². The predicted molar refractivity (Wildman–Crippen MR) is 190 cm³/mol. The molecule has 0 saturated heterocycles. The summed E-state index contributed by atoms with van der Waals surface area (Å²) in [5, 5.41) is 9.57. The Bertz CT molecular complexity index is 2080. The van der Waals surface area contributed by atoms with Crippen LogP contribution >= 0.6 is 11.6 Å². The van der Waals surface area contributed by atoms with Gasteiger partial charge in [0.1, 0.15) is 5.54 Å². The SMILES string of the molecule is O=C(CCCNC(=O)c1ccc(Nc2nc(NC3(c4ccc(Cl)cc4)CC3)nc(OCC(F)(F)F)n2)cc1)N[C@]1(C(=O)NS(=O)(=O)C2(F)CC2)C[C@H]1C1CC1. The van der Waals surface area contributed by atoms with Gasteiger partial charge in [-0.1, -0.05) is 23.7 Å². The summed E-state index contributed by atoms with van der Waals surface area (Å²) >= 11 is 6.03. The van der Waals surface area contributed by atoms with Crippen LogP contribution in [-0.2, 0) is 25.2 Å². The number of ether oxygens (including phenoxy) is 1. The van der Waals surface area contributed by atoms with Crippen LogP contribution in [0.15, 0.2) is 48.5 Å². The molecule has 20 heteroatoms. The van der Waals surface area contributed by atoms with Crippen molar-refractivity contribution in [2.45, 2.75) is 80.0 Å². The Morgan fingerprint density at radius 3 is 2.22 bits per heavy atom. The molecule has 4 saturated carbocycles. The summed E-state index contributed by atoms with van der Waals surface area (Å²) in [5.74, 6) is -2.02. The molecule has 0 spiro atoms. The average Bonchev–Trinajstić information content (AvgIpc) is 3.92. The first-order valence-corrected chi connectivity index (χ1v) is 19.6. The number of alkyl halides is 4. The average molecular weight is 809 g/mol. The van der Waals surface area contributed by atoms with E-state index in [2.05, 4.69) is 36.2 Å². The van der Waals surface area contributed by atoms with Gasteiger partial charge in [0.25, 0.3) is 21.8 Å². The lowest BCUT2D eigenvalue weighted by atomic mass is 10.1. The number of benzene rings is 2. The number of sulfonamides is 1. The first-order chi connectivity index (χ1) is 26.0. The first-order valence-electron chi connectivity index (χ1n) is 17.7. The molecule has 1 aromatic heterocycles. The molecular formula is C35H37ClF4N8O6S. The molecule has 0 radical (unpaired) electrons. The smallest absolute Gasteiger partial charge is 0.422 e. The molecule has 2 atom stereocenters. The Kier molecular flexibility index (Phi) is 10.1. The maximum absolute atomic E-state index is 14.3. The molecule has 2 aromatic carbocycles. The second kappa shape index (κ2) is 14.4. The molecule has 4 aliphatic rings. The zero-order chi connectivity index (χ0) is 39.2. The van der Waals surface area contributed by atoms with Gasteiger partial charge in [0.2, 0.25) is 22.8 Å². The number of hydrogen-bond acceptors (Lipinski definition) is 11. The zero-order valence-corrected chi connectivity index (χ0v) is 30.7. The van der Waals surface area contributed by atoms with Crippen LogP contribution in [0.2, 0.25) is 5.02 Å². The van der Waals surface area contributed by atoms with E-state index in [4.69, 9.17) is 16.3 Å². The molecule has 1 heterocycles. The molecular weight excluding hydrogens is 772 g/mol. The number of halogens is 5. The van der Waals surface area contributed by atoms with Crippen molar-refractivity contribution >= 4 is 56.9 Å². The van der Waals surface area contributed by atoms with Gasteiger partial charge in [0.15, 0.2) is 6.61 Å². The molecule has 294 valence electrons. The monoisotopic (exact) mass is 808 g/mol. The Morgan fingerprint density at radius 1 is 0.927 bits per heavy atom. The molecule has 0 aliphatic heterocycles. The van der Waals surface area contributed by atoms with Crippen molar-refractivity contribution < 1.29 is 45.1 Å². The number of aromatic nitrogens is 3. The van der Waals surface area contributed by atoms with Crippen molar-refractivity contribution in [2.75, 3.05) is 23.8 Å². The summed E-state index contributed by atoms with van der Waals surface area (Å²) in [4.78, 5) is 51.0. The number of carbonyl (C=O) groups is 3. The number of anilines is 3. The fraction of sp³-hybridized carbons (Fsp3) is 0.486. The molecule has 7 rings (SSSR count). The van der Waals surface area contributed by atoms with E-state index in [1.807, 2.05) is 16.9 Å². The molecule has 5 N–H and O–H groups in total. The van der Waals surface area contributed by atoms with Crippen molar-refractivity contribution in [3.05, 3.63) is 64.7 Å². The van der Waals surface area contributed by atoms with Gasteiger partial charge in [-0.25, -0.2) is 17.5 Å². The lowest BCUT2D eigenvalue weighted by Crippen LogP contribution is -2.53. The third-order valence-corrected chi connectivity index (χ3v) is 12.1. The van der Waals surface area contributed by atoms with Crippen LogP contribution in [-0.4, -0.2) is 71.0 Å². The maximum atomic E-state index is 14.3. The predicted octanol–water partition coefficient (Wildman–Crippen LogP) is 5.01. The number of carbonyl (C=O) groups excluding carboxylic acids is 3. The summed E-state index contributed by atoms with van der Waals surface area (Å²) in [5.41, 5.74) is -0.371. The van der Waals surface area contributed by atoms with Gasteiger partial charge in [-0.15, -0.1) is 0 Å². The molecule has 14 nitrogen and oxygen atoms in total. The topological polar surface area (TPSA) is 193 Å². The number of nitrogens with zero attached hydrogens (tertiary/aromatic N) is 3. The van der Waals surface area contributed by atoms with Gasteiger partial charge in [-0.3, -0.25) is 14.4 Å². The van der Waals surface area contributed by atoms with Crippen LogP contribution in [0.25, 0.3) is 0 Å². The Labute approximate surface area is 318 Å². The molecule has 55 heavy (non-hydrogen) atoms. The van der Waals surface area contributed by atoms with Crippen molar-refractivity contribution in [3.63, 3.8) is 0 Å². The minimum absolute atomic E-state index is 0.0127. The van der Waals surface area contributed by atoms with Crippen LogP contribution in [0.3, 0.4) is 0 Å². The second-order valence-corrected chi connectivity index (χ2v) is 16.8. The van der Waals surface area contributed by atoms with Crippen LogP contribution < -0.4 is 30.7 Å². The summed E-state index contributed by atoms with van der Waals surface area (Å²) in [6.07, 6.45) is -1.41. The highest BCUT2D eigenvalue weighted by atomic mass is 35.5. The van der Waals surface area contributed by atoms with Gasteiger partial charge in [-0.2, -0.15) is 28.1 Å². The summed E-state index contributed by atoms with van der Waals surface area (Å²) in [6, 6.07) is 12.7. The van der Waals surface area contributed by atoms with Gasteiger partial charge in [-0.05, 0) is 92.3 Å². The number of rotatable bonds is 17. The first kappa shape index (κ1) is 38.5. The van der Waals surface area contributed by atoms with Crippen LogP contribution in [0.1, 0.15) is 73.7 Å². The summed E-state index contributed by atoms with van der Waals surface area (Å²) in [7, 11) is -4.52. The van der Waals surface area contributed by atoms with Crippen LogP contribution in [0.5, 0.6) is 6.01 Å². The van der Waals surface area contributed by atoms with Crippen molar-refractivity contribution in [1.29, 1.82) is 0 Å². The van der Waals surface area contributed by atoms with Gasteiger partial charge >= 0.3 is 12.2 Å². The summed E-state index contributed by atoms with van der Waals surface area (Å²) in [6.45, 7) is -1.50. The van der Waals surface area contributed by atoms with E-state index >= 15 is 0 Å². The van der Waals surface area contributed by atoms with Gasteiger partial charge < -0.3 is 26.0 Å². The Morgan fingerprint density at radius 2 is 1.60 bits per heavy atom. The molecule has 3 aromatic rings. The van der Waals surface area contributed by atoms with E-state index in [0.717, 1.165) is 31.2 Å². The Hall–Kier alpha value is -4.78. The van der Waals surface area contributed by atoms with Gasteiger partial charge in [0, 0.05) is 42.1 Å². The third kappa shape index (κ3) is 9.03. The van der Waals surface area contributed by atoms with Crippen molar-refractivity contribution in [3.8, 4) is 6.01 Å². The fourth-order valence-electron chi connectivity index (χ4n) is 6.46. The number of hydrogen-bond donors (Lipinski definition) is 5. The lowest BCUT2D eigenvalue weighted by Gasteiger charge is -2.20. The Balaban J connectivity index is 0.917. The van der Waals surface area contributed by atoms with Crippen LogP contribution in [0, 0.1) is 11.8 Å². The fourth-order valence-corrected chi connectivity index (χ4v) is 7.83. The van der Waals surface area contributed by atoms with E-state index < -0.39 is 62.6 Å². The minimum Gasteiger partial charge on any atom is -0.454 e. The van der Waals surface area contributed by atoms with Crippen LogP contribution in [0.4, 0.5) is 35.1 Å². The third-order valence-electron chi connectivity index (χ3n) is 10.1. The number of amides is 3. The quantitative estimate of drug-likeness (QED) is 0.0910. The van der Waals surface area contributed by atoms with Crippen molar-refractivity contribution in [2.24, 2.45) is 11.8 Å². The lowest BCUT2D eigenvalue weighted by molar-refractivity contribution is -0.154. The van der Waals surface area contributed by atoms with E-state index in [-0.39, 0.29) is 67.9 Å². The van der Waals surface area contributed by atoms with Crippen molar-refractivity contribution in [1.82, 2.24) is 30.3 Å². The maximum Gasteiger partial charge on any atom is 0.422 e. The molecule has 4 aliphatic carbocycles. The molecule has 0 bridgehead atoms. The zero-order valence-electron chi connectivity index (χ0n) is 29.1. The standard InChI is InChI=1S/C35H37ClF4N8O6S/c36-23-9-7-22(8-10-23)32(13-14-32)47-30-43-29(44-31(45-30)54-19-35(38,39)40)42-24-11-5-21(6-12-24)27(50)41-17-1-2-26(49)46-34(18-25(34)20-3-4-20)28(51)48-55(52,53)33(37)15-16-33/h5-12,20,25H,1-4,13-19H2,(H,41,50)(H,46,49)(H,48,51)(H2,42,43,44,45,47)/t25-,34+/m0/s1. The van der Waals surface area contributed by atoms with E-state index in [0.29, 0.717) is 10.7 Å². The normalized spacial score (nSPS) is 21.8. The molecule has 4 fully saturated rings. The second-order valence-electron chi connectivity index (χ2n) is 14.4. The highest BCUT2D eigenvalue weighted by Crippen LogP contribution is 2.57. The molecule has 3 amide bonds. The van der Waals surface area contributed by atoms with E-state index in [9.17, 15) is 40.4 Å². The highest BCUT2D eigenvalue weighted by molar-refractivity contribution is 7.91. The molecule has 0 unspecified atom stereocenters. The van der Waals surface area contributed by atoms with E-state index in [1.165, 1.54) is 24.3 Å².